The highest BCUT2D eigenvalue weighted by Gasteiger charge is 2.28. The lowest BCUT2D eigenvalue weighted by atomic mass is 9.95. The van der Waals surface area contributed by atoms with Gasteiger partial charge in [0.1, 0.15) is 0 Å². The largest absolute Gasteiger partial charge is 0.352 e. The molecule has 0 radical (unpaired) electrons. The molecular formula is C17H19ClN4O2. The molecule has 3 rings (SSSR count). The van der Waals surface area contributed by atoms with E-state index < -0.39 is 0 Å². The molecule has 0 spiro atoms. The SMILES string of the molecule is Cn1cc(C(=O)NCC2CNNC2c2ccc(Cl)cc2)ccc1=O. The molecule has 0 saturated carbocycles. The van der Waals surface area contributed by atoms with Gasteiger partial charge in [-0.25, -0.2) is 5.43 Å². The van der Waals surface area contributed by atoms with Gasteiger partial charge in [0, 0.05) is 43.3 Å². The van der Waals surface area contributed by atoms with E-state index in [1.165, 1.54) is 10.6 Å². The summed E-state index contributed by atoms with van der Waals surface area (Å²) < 4.78 is 1.39. The average Bonchev–Trinajstić information content (AvgIpc) is 3.04. The number of halogens is 1. The predicted octanol–water partition coefficient (Wildman–Crippen LogP) is 1.23. The highest BCUT2D eigenvalue weighted by Crippen LogP contribution is 2.25. The maximum Gasteiger partial charge on any atom is 0.252 e. The number of hydrogen-bond acceptors (Lipinski definition) is 4. The van der Waals surface area contributed by atoms with Gasteiger partial charge in [-0.2, -0.15) is 0 Å². The van der Waals surface area contributed by atoms with Crippen LogP contribution in [0.3, 0.4) is 0 Å². The van der Waals surface area contributed by atoms with E-state index in [1.807, 2.05) is 24.3 Å². The maximum atomic E-state index is 12.3. The molecule has 1 saturated heterocycles. The fraction of sp³-hybridized carbons (Fsp3) is 0.294. The molecule has 2 heterocycles. The molecule has 1 aromatic carbocycles. The van der Waals surface area contributed by atoms with Crippen LogP contribution in [0.5, 0.6) is 0 Å². The zero-order valence-electron chi connectivity index (χ0n) is 13.3. The van der Waals surface area contributed by atoms with E-state index in [0.717, 1.165) is 12.1 Å². The predicted molar refractivity (Wildman–Crippen MR) is 92.8 cm³/mol. The molecule has 1 aromatic heterocycles. The van der Waals surface area contributed by atoms with Crippen molar-refractivity contribution in [1.82, 2.24) is 20.7 Å². The Morgan fingerprint density at radius 2 is 2.04 bits per heavy atom. The maximum absolute atomic E-state index is 12.3. The Labute approximate surface area is 144 Å². The molecule has 24 heavy (non-hydrogen) atoms. The summed E-state index contributed by atoms with van der Waals surface area (Å²) in [4.78, 5) is 23.7. The number of pyridine rings is 1. The van der Waals surface area contributed by atoms with Crippen molar-refractivity contribution in [3.05, 3.63) is 69.1 Å². The number of hydrogen-bond donors (Lipinski definition) is 3. The van der Waals surface area contributed by atoms with E-state index in [9.17, 15) is 9.59 Å². The summed E-state index contributed by atoms with van der Waals surface area (Å²) in [5.41, 5.74) is 7.82. The number of rotatable bonds is 4. The molecule has 1 fully saturated rings. The molecule has 7 heteroatoms. The summed E-state index contributed by atoms with van der Waals surface area (Å²) in [6.07, 6.45) is 1.54. The monoisotopic (exact) mass is 346 g/mol. The fourth-order valence-electron chi connectivity index (χ4n) is 2.81. The summed E-state index contributed by atoms with van der Waals surface area (Å²) in [5, 5.41) is 3.64. The first-order chi connectivity index (χ1) is 11.5. The molecular weight excluding hydrogens is 328 g/mol. The van der Waals surface area contributed by atoms with E-state index in [2.05, 4.69) is 16.2 Å². The van der Waals surface area contributed by atoms with Crippen LogP contribution in [-0.4, -0.2) is 23.6 Å². The molecule has 2 atom stereocenters. The number of hydrazine groups is 1. The number of amides is 1. The standard InChI is InChI=1S/C17H19ClN4O2/c1-22-10-12(4-7-15(22)23)17(24)19-8-13-9-20-21-16(13)11-2-5-14(18)6-3-11/h2-7,10,13,16,20-21H,8-9H2,1H3,(H,19,24). The van der Waals surface area contributed by atoms with Crippen molar-refractivity contribution in [2.24, 2.45) is 13.0 Å². The molecule has 6 nitrogen and oxygen atoms in total. The van der Waals surface area contributed by atoms with Gasteiger partial charge in [-0.3, -0.25) is 15.0 Å². The lowest BCUT2D eigenvalue weighted by molar-refractivity contribution is 0.0946. The highest BCUT2D eigenvalue weighted by atomic mass is 35.5. The Morgan fingerprint density at radius 3 is 2.75 bits per heavy atom. The van der Waals surface area contributed by atoms with Gasteiger partial charge >= 0.3 is 0 Å². The average molecular weight is 347 g/mol. The minimum absolute atomic E-state index is 0.0997. The van der Waals surface area contributed by atoms with Crippen LogP contribution >= 0.6 is 11.6 Å². The highest BCUT2D eigenvalue weighted by molar-refractivity contribution is 6.30. The quantitative estimate of drug-likeness (QED) is 0.778. The Balaban J connectivity index is 1.64. The van der Waals surface area contributed by atoms with Crippen LogP contribution in [0.25, 0.3) is 0 Å². The van der Waals surface area contributed by atoms with Gasteiger partial charge in [0.15, 0.2) is 0 Å². The van der Waals surface area contributed by atoms with Crippen molar-refractivity contribution in [3.63, 3.8) is 0 Å². The molecule has 2 unspecified atom stereocenters. The van der Waals surface area contributed by atoms with Crippen LogP contribution in [0.4, 0.5) is 0 Å². The molecule has 1 aliphatic heterocycles. The van der Waals surface area contributed by atoms with Crippen LogP contribution in [0.1, 0.15) is 22.0 Å². The zero-order chi connectivity index (χ0) is 17.1. The van der Waals surface area contributed by atoms with Crippen LogP contribution in [0.2, 0.25) is 5.02 Å². The van der Waals surface area contributed by atoms with Crippen molar-refractivity contribution in [1.29, 1.82) is 0 Å². The Bertz CT molecular complexity index is 788. The molecule has 2 aromatic rings. The summed E-state index contributed by atoms with van der Waals surface area (Å²) in [5.74, 6) is 0.0232. The molecule has 0 aliphatic carbocycles. The lowest BCUT2D eigenvalue weighted by Crippen LogP contribution is -2.33. The molecule has 1 amide bonds. The number of benzene rings is 1. The van der Waals surface area contributed by atoms with Crippen molar-refractivity contribution in [3.8, 4) is 0 Å². The van der Waals surface area contributed by atoms with E-state index in [1.54, 1.807) is 19.3 Å². The molecule has 0 bridgehead atoms. The minimum Gasteiger partial charge on any atom is -0.352 e. The van der Waals surface area contributed by atoms with Crippen LogP contribution in [0, 0.1) is 5.92 Å². The van der Waals surface area contributed by atoms with E-state index in [-0.39, 0.29) is 23.4 Å². The van der Waals surface area contributed by atoms with Gasteiger partial charge in [-0.1, -0.05) is 23.7 Å². The third-order valence-electron chi connectivity index (χ3n) is 4.20. The van der Waals surface area contributed by atoms with Gasteiger partial charge in [0.05, 0.1) is 11.6 Å². The van der Waals surface area contributed by atoms with Gasteiger partial charge in [0.25, 0.3) is 5.91 Å². The first-order valence-electron chi connectivity index (χ1n) is 7.73. The Hall–Kier alpha value is -2.15. The third kappa shape index (κ3) is 3.67. The Morgan fingerprint density at radius 1 is 1.29 bits per heavy atom. The third-order valence-corrected chi connectivity index (χ3v) is 4.45. The number of aryl methyl sites for hydroxylation is 1. The van der Waals surface area contributed by atoms with Crippen LogP contribution < -0.4 is 21.7 Å². The second-order valence-corrected chi connectivity index (χ2v) is 6.33. The smallest absolute Gasteiger partial charge is 0.252 e. The fourth-order valence-corrected chi connectivity index (χ4v) is 2.93. The molecule has 1 aliphatic rings. The van der Waals surface area contributed by atoms with Crippen molar-refractivity contribution in [2.75, 3.05) is 13.1 Å². The van der Waals surface area contributed by atoms with Crippen LogP contribution in [0.15, 0.2) is 47.4 Å². The van der Waals surface area contributed by atoms with E-state index in [0.29, 0.717) is 17.1 Å². The zero-order valence-corrected chi connectivity index (χ0v) is 14.0. The Kier molecular flexibility index (Phi) is 4.99. The second kappa shape index (κ2) is 7.17. The number of nitrogens with one attached hydrogen (secondary N) is 3. The summed E-state index contributed by atoms with van der Waals surface area (Å²) in [7, 11) is 1.63. The topological polar surface area (TPSA) is 75.2 Å². The summed E-state index contributed by atoms with van der Waals surface area (Å²) >= 11 is 5.93. The number of carbonyl (C=O) groups is 1. The van der Waals surface area contributed by atoms with Gasteiger partial charge in [-0.15, -0.1) is 0 Å². The first kappa shape index (κ1) is 16.7. The van der Waals surface area contributed by atoms with Gasteiger partial charge in [0.2, 0.25) is 5.56 Å². The number of aromatic nitrogens is 1. The number of nitrogens with zero attached hydrogens (tertiary/aromatic N) is 1. The number of carbonyl (C=O) groups excluding carboxylic acids is 1. The lowest BCUT2D eigenvalue weighted by Gasteiger charge is -2.19. The second-order valence-electron chi connectivity index (χ2n) is 5.89. The van der Waals surface area contributed by atoms with Crippen LogP contribution in [-0.2, 0) is 7.05 Å². The molecule has 3 N–H and O–H groups in total. The summed E-state index contributed by atoms with van der Waals surface area (Å²) in [6.45, 7) is 1.27. The molecule has 126 valence electrons. The van der Waals surface area contributed by atoms with Crippen molar-refractivity contribution >= 4 is 17.5 Å². The van der Waals surface area contributed by atoms with Crippen molar-refractivity contribution < 1.29 is 4.79 Å². The summed E-state index contributed by atoms with van der Waals surface area (Å²) in [6, 6.07) is 10.7. The van der Waals surface area contributed by atoms with E-state index in [4.69, 9.17) is 11.6 Å². The minimum atomic E-state index is -0.188. The van der Waals surface area contributed by atoms with E-state index >= 15 is 0 Å². The van der Waals surface area contributed by atoms with Crippen molar-refractivity contribution in [2.45, 2.75) is 6.04 Å². The van der Waals surface area contributed by atoms with Gasteiger partial charge < -0.3 is 9.88 Å². The normalized spacial score (nSPS) is 20.1. The first-order valence-corrected chi connectivity index (χ1v) is 8.11. The van der Waals surface area contributed by atoms with Gasteiger partial charge in [-0.05, 0) is 23.8 Å².